The number of nitrogens with one attached hydrogen (secondary N) is 2. The van der Waals surface area contributed by atoms with E-state index in [1.54, 1.807) is 49.4 Å². The van der Waals surface area contributed by atoms with Crippen molar-refractivity contribution in [1.29, 1.82) is 0 Å². The summed E-state index contributed by atoms with van der Waals surface area (Å²) in [6.45, 7) is 1.70. The van der Waals surface area contributed by atoms with Gasteiger partial charge < -0.3 is 4.74 Å². The molecule has 0 amide bonds. The van der Waals surface area contributed by atoms with E-state index in [0.717, 1.165) is 6.07 Å². The second-order valence-electron chi connectivity index (χ2n) is 6.53. The molecule has 3 rings (SSSR count). The predicted molar refractivity (Wildman–Crippen MR) is 124 cm³/mol. The third-order valence-corrected chi connectivity index (χ3v) is 6.16. The Hall–Kier alpha value is -3.63. The molecule has 0 spiro atoms. The lowest BCUT2D eigenvalue weighted by atomic mass is 10.1. The largest absolute Gasteiger partial charge is 0.495 e. The van der Waals surface area contributed by atoms with Crippen LogP contribution in [0.5, 0.6) is 5.75 Å². The van der Waals surface area contributed by atoms with Crippen molar-refractivity contribution in [3.63, 3.8) is 0 Å². The molecule has 0 saturated heterocycles. The molecule has 0 aliphatic heterocycles. The number of nitrogens with zero attached hydrogens (tertiary/aromatic N) is 2. The second kappa shape index (κ2) is 9.67. The van der Waals surface area contributed by atoms with Crippen molar-refractivity contribution in [3.8, 4) is 5.75 Å². The van der Waals surface area contributed by atoms with Crippen molar-refractivity contribution < 1.29 is 18.1 Å². The summed E-state index contributed by atoms with van der Waals surface area (Å²) < 4.78 is 33.8. The first kappa shape index (κ1) is 23.0. The Morgan fingerprint density at radius 2 is 1.75 bits per heavy atom. The van der Waals surface area contributed by atoms with E-state index in [-0.39, 0.29) is 22.0 Å². The smallest absolute Gasteiger partial charge is 0.270 e. The second-order valence-corrected chi connectivity index (χ2v) is 8.59. The summed E-state index contributed by atoms with van der Waals surface area (Å²) in [5, 5.41) is 15.9. The van der Waals surface area contributed by atoms with Gasteiger partial charge in [-0.25, -0.2) is 8.42 Å². The Labute approximate surface area is 189 Å². The van der Waals surface area contributed by atoms with Gasteiger partial charge in [-0.05, 0) is 31.2 Å². The fourth-order valence-corrected chi connectivity index (χ4v) is 4.35. The topological polar surface area (TPSA) is 123 Å². The highest BCUT2D eigenvalue weighted by Crippen LogP contribution is 2.31. The number of nitro groups is 1. The lowest BCUT2D eigenvalue weighted by Gasteiger charge is -2.14. The first-order valence-corrected chi connectivity index (χ1v) is 11.1. The summed E-state index contributed by atoms with van der Waals surface area (Å²) in [5.74, 6) is 0.295. The molecular weight excluding hydrogens is 456 g/mol. The zero-order chi connectivity index (χ0) is 23.3. The lowest BCUT2D eigenvalue weighted by molar-refractivity contribution is -0.385. The van der Waals surface area contributed by atoms with Crippen molar-refractivity contribution >= 4 is 44.4 Å². The van der Waals surface area contributed by atoms with Crippen LogP contribution in [0.4, 0.5) is 17.1 Å². The van der Waals surface area contributed by atoms with Gasteiger partial charge in [-0.15, -0.1) is 0 Å². The maximum atomic E-state index is 13.1. The molecule has 0 unspecified atom stereocenters. The molecule has 0 bridgehead atoms. The van der Waals surface area contributed by atoms with Crippen LogP contribution in [0.2, 0.25) is 5.02 Å². The van der Waals surface area contributed by atoms with Gasteiger partial charge in [0.1, 0.15) is 10.6 Å². The fraction of sp³-hybridized carbons (Fsp3) is 0.0952. The minimum Gasteiger partial charge on any atom is -0.495 e. The predicted octanol–water partition coefficient (Wildman–Crippen LogP) is 4.89. The molecule has 9 nitrogen and oxygen atoms in total. The minimum absolute atomic E-state index is 0.0457. The van der Waals surface area contributed by atoms with Crippen LogP contribution in [-0.4, -0.2) is 26.2 Å². The SMILES string of the molecule is COc1ccccc1NS(=O)(=O)c1cc([N+](=O)[O-])ccc1N/N=C(\C)c1ccccc1Cl. The molecule has 2 N–H and O–H groups in total. The molecule has 0 heterocycles. The minimum atomic E-state index is -4.25. The summed E-state index contributed by atoms with van der Waals surface area (Å²) in [4.78, 5) is 10.2. The third-order valence-electron chi connectivity index (χ3n) is 4.42. The number of hydrazone groups is 1. The van der Waals surface area contributed by atoms with Gasteiger partial charge in [0.15, 0.2) is 0 Å². The summed E-state index contributed by atoms with van der Waals surface area (Å²) in [6.07, 6.45) is 0. The molecule has 3 aromatic rings. The third kappa shape index (κ3) is 5.16. The lowest BCUT2D eigenvalue weighted by Crippen LogP contribution is -2.16. The number of hydrogen-bond donors (Lipinski definition) is 2. The quantitative estimate of drug-likeness (QED) is 0.272. The van der Waals surface area contributed by atoms with E-state index in [4.69, 9.17) is 16.3 Å². The summed E-state index contributed by atoms with van der Waals surface area (Å²) in [6, 6.07) is 16.9. The number of para-hydroxylation sites is 2. The normalized spacial score (nSPS) is 11.7. The maximum absolute atomic E-state index is 13.1. The van der Waals surface area contributed by atoms with Crippen LogP contribution in [-0.2, 0) is 10.0 Å². The van der Waals surface area contributed by atoms with Gasteiger partial charge in [0.05, 0.1) is 29.1 Å². The van der Waals surface area contributed by atoms with E-state index in [2.05, 4.69) is 15.2 Å². The number of hydrogen-bond acceptors (Lipinski definition) is 7. The molecule has 3 aromatic carbocycles. The van der Waals surface area contributed by atoms with Gasteiger partial charge in [0.2, 0.25) is 0 Å². The molecule has 0 aromatic heterocycles. The average molecular weight is 475 g/mol. The first-order chi connectivity index (χ1) is 15.2. The molecule has 0 radical (unpaired) electrons. The number of rotatable bonds is 8. The molecule has 166 valence electrons. The average Bonchev–Trinajstić information content (AvgIpc) is 2.77. The van der Waals surface area contributed by atoms with E-state index in [1.807, 2.05) is 0 Å². The van der Waals surface area contributed by atoms with E-state index >= 15 is 0 Å². The van der Waals surface area contributed by atoms with Gasteiger partial charge in [-0.1, -0.05) is 41.9 Å². The molecule has 0 saturated carbocycles. The molecule has 32 heavy (non-hydrogen) atoms. The van der Waals surface area contributed by atoms with E-state index < -0.39 is 14.9 Å². The Morgan fingerprint density at radius 1 is 1.06 bits per heavy atom. The Kier molecular flexibility index (Phi) is 6.96. The van der Waals surface area contributed by atoms with Crippen LogP contribution in [0.15, 0.2) is 76.7 Å². The van der Waals surface area contributed by atoms with Crippen LogP contribution in [0.3, 0.4) is 0 Å². The van der Waals surface area contributed by atoms with Crippen LogP contribution >= 0.6 is 11.6 Å². The molecule has 0 aliphatic rings. The van der Waals surface area contributed by atoms with Crippen molar-refractivity contribution in [1.82, 2.24) is 0 Å². The number of benzene rings is 3. The Balaban J connectivity index is 2.02. The molecule has 11 heteroatoms. The molecule has 0 aliphatic carbocycles. The van der Waals surface area contributed by atoms with E-state index in [9.17, 15) is 18.5 Å². The van der Waals surface area contributed by atoms with Crippen molar-refractivity contribution in [2.75, 3.05) is 17.3 Å². The van der Waals surface area contributed by atoms with Gasteiger partial charge in [-0.3, -0.25) is 20.3 Å². The number of nitro benzene ring substituents is 1. The highest BCUT2D eigenvalue weighted by atomic mass is 35.5. The first-order valence-electron chi connectivity index (χ1n) is 9.22. The zero-order valence-electron chi connectivity index (χ0n) is 17.1. The number of anilines is 2. The molecule has 0 atom stereocenters. The van der Waals surface area contributed by atoms with Gasteiger partial charge in [0, 0.05) is 22.7 Å². The number of non-ortho nitro benzene ring substituents is 1. The highest BCUT2D eigenvalue weighted by molar-refractivity contribution is 7.93. The van der Waals surface area contributed by atoms with Gasteiger partial charge >= 0.3 is 0 Å². The standard InChI is InChI=1S/C21H19ClN4O5S/c1-14(16-7-3-4-8-17(16)22)23-24-19-12-11-15(26(27)28)13-21(19)32(29,30)25-18-9-5-6-10-20(18)31-2/h3-13,24-25H,1-2H3/b23-14+. The molecule has 0 fully saturated rings. The van der Waals surface area contributed by atoms with Gasteiger partial charge in [-0.2, -0.15) is 5.10 Å². The maximum Gasteiger partial charge on any atom is 0.270 e. The number of ether oxygens (including phenoxy) is 1. The van der Waals surface area contributed by atoms with Crippen LogP contribution in [0, 0.1) is 10.1 Å². The zero-order valence-corrected chi connectivity index (χ0v) is 18.6. The van der Waals surface area contributed by atoms with Crippen LogP contribution in [0.25, 0.3) is 0 Å². The summed E-state index contributed by atoms with van der Waals surface area (Å²) in [7, 11) is -2.84. The van der Waals surface area contributed by atoms with E-state index in [1.165, 1.54) is 25.3 Å². The van der Waals surface area contributed by atoms with Crippen molar-refractivity contribution in [2.45, 2.75) is 11.8 Å². The Bertz CT molecular complexity index is 1290. The van der Waals surface area contributed by atoms with E-state index in [0.29, 0.717) is 22.0 Å². The summed E-state index contributed by atoms with van der Waals surface area (Å²) >= 11 is 6.18. The van der Waals surface area contributed by atoms with Crippen molar-refractivity contribution in [2.24, 2.45) is 5.10 Å². The molecular formula is C21H19ClN4O5S. The van der Waals surface area contributed by atoms with Crippen LogP contribution in [0.1, 0.15) is 12.5 Å². The number of sulfonamides is 1. The van der Waals surface area contributed by atoms with Crippen LogP contribution < -0.4 is 14.9 Å². The highest BCUT2D eigenvalue weighted by Gasteiger charge is 2.24. The monoisotopic (exact) mass is 474 g/mol. The number of methoxy groups -OCH3 is 1. The fourth-order valence-electron chi connectivity index (χ4n) is 2.83. The number of halogens is 1. The summed E-state index contributed by atoms with van der Waals surface area (Å²) in [5.41, 5.74) is 3.67. The Morgan fingerprint density at radius 3 is 2.44 bits per heavy atom. The van der Waals surface area contributed by atoms with Gasteiger partial charge in [0.25, 0.3) is 15.7 Å². The van der Waals surface area contributed by atoms with Crippen molar-refractivity contribution in [3.05, 3.63) is 87.4 Å².